The number of ether oxygens (including phenoxy) is 2. The molecular formula is C20H24N2O3. The average molecular weight is 340 g/mol. The molecule has 0 atom stereocenters. The number of carbonyl (C=O) groups excluding carboxylic acids is 1. The van der Waals surface area contributed by atoms with E-state index in [1.165, 1.54) is 0 Å². The highest BCUT2D eigenvalue weighted by Gasteiger charge is 2.24. The van der Waals surface area contributed by atoms with Gasteiger partial charge in [-0.05, 0) is 30.7 Å². The van der Waals surface area contributed by atoms with Crippen LogP contribution in [0, 0.1) is 6.92 Å². The zero-order valence-corrected chi connectivity index (χ0v) is 15.0. The number of aryl methyl sites for hydroxylation is 1. The molecule has 1 amide bonds. The van der Waals surface area contributed by atoms with Crippen molar-refractivity contribution in [2.24, 2.45) is 0 Å². The number of methoxy groups -OCH3 is 2. The van der Waals surface area contributed by atoms with Gasteiger partial charge in [0.2, 0.25) is 0 Å². The number of piperazine rings is 1. The summed E-state index contributed by atoms with van der Waals surface area (Å²) in [4.78, 5) is 16.9. The number of anilines is 1. The molecule has 0 saturated carbocycles. The molecule has 1 aliphatic heterocycles. The van der Waals surface area contributed by atoms with Gasteiger partial charge < -0.3 is 19.3 Å². The Balaban J connectivity index is 1.70. The van der Waals surface area contributed by atoms with Gasteiger partial charge in [0.25, 0.3) is 5.91 Å². The van der Waals surface area contributed by atoms with Crippen LogP contribution in [0.2, 0.25) is 0 Å². The lowest BCUT2D eigenvalue weighted by atomic mass is 10.1. The van der Waals surface area contributed by atoms with Gasteiger partial charge in [0.15, 0.2) is 0 Å². The number of benzene rings is 2. The third kappa shape index (κ3) is 3.55. The van der Waals surface area contributed by atoms with Crippen LogP contribution in [0.3, 0.4) is 0 Å². The predicted molar refractivity (Wildman–Crippen MR) is 98.8 cm³/mol. The summed E-state index contributed by atoms with van der Waals surface area (Å²) in [6.45, 7) is 4.93. The largest absolute Gasteiger partial charge is 0.497 e. The van der Waals surface area contributed by atoms with Crippen molar-refractivity contribution in [3.05, 3.63) is 53.6 Å². The topological polar surface area (TPSA) is 42.0 Å². The summed E-state index contributed by atoms with van der Waals surface area (Å²) in [6, 6.07) is 13.6. The number of nitrogens with zero attached hydrogens (tertiary/aromatic N) is 2. The lowest BCUT2D eigenvalue weighted by Crippen LogP contribution is -2.49. The van der Waals surface area contributed by atoms with Crippen molar-refractivity contribution in [3.8, 4) is 11.5 Å². The van der Waals surface area contributed by atoms with Crippen molar-refractivity contribution in [1.82, 2.24) is 4.90 Å². The molecule has 1 aliphatic rings. The first kappa shape index (κ1) is 17.1. The van der Waals surface area contributed by atoms with Gasteiger partial charge in [0.05, 0.1) is 19.9 Å². The summed E-state index contributed by atoms with van der Waals surface area (Å²) in [5.41, 5.74) is 2.84. The van der Waals surface area contributed by atoms with Crippen molar-refractivity contribution >= 4 is 11.6 Å². The predicted octanol–water partition coefficient (Wildman–Crippen LogP) is 2.97. The number of carbonyl (C=O) groups is 1. The van der Waals surface area contributed by atoms with Crippen LogP contribution in [0.25, 0.3) is 0 Å². The molecule has 0 radical (unpaired) electrons. The second kappa shape index (κ2) is 7.47. The van der Waals surface area contributed by atoms with E-state index < -0.39 is 0 Å². The molecule has 0 bridgehead atoms. The van der Waals surface area contributed by atoms with Crippen molar-refractivity contribution in [1.29, 1.82) is 0 Å². The molecule has 132 valence electrons. The van der Waals surface area contributed by atoms with Gasteiger partial charge in [-0.25, -0.2) is 0 Å². The Morgan fingerprint density at radius 3 is 2.32 bits per heavy atom. The Kier molecular flexibility index (Phi) is 5.12. The summed E-state index contributed by atoms with van der Waals surface area (Å²) in [7, 11) is 3.31. The quantitative estimate of drug-likeness (QED) is 0.858. The maximum atomic E-state index is 12.7. The van der Waals surface area contributed by atoms with E-state index >= 15 is 0 Å². The van der Waals surface area contributed by atoms with Crippen LogP contribution in [-0.4, -0.2) is 51.2 Å². The van der Waals surface area contributed by atoms with E-state index in [-0.39, 0.29) is 5.91 Å². The van der Waals surface area contributed by atoms with Gasteiger partial charge in [-0.3, -0.25) is 4.79 Å². The molecule has 2 aromatic carbocycles. The van der Waals surface area contributed by atoms with Crippen LogP contribution < -0.4 is 14.4 Å². The highest BCUT2D eigenvalue weighted by Crippen LogP contribution is 2.32. The lowest BCUT2D eigenvalue weighted by Gasteiger charge is -2.37. The monoisotopic (exact) mass is 340 g/mol. The third-order valence-corrected chi connectivity index (χ3v) is 4.67. The molecule has 0 aromatic heterocycles. The second-order valence-corrected chi connectivity index (χ2v) is 6.13. The minimum Gasteiger partial charge on any atom is -0.497 e. The number of hydrogen-bond acceptors (Lipinski definition) is 4. The number of rotatable bonds is 4. The van der Waals surface area contributed by atoms with Crippen LogP contribution in [0.5, 0.6) is 11.5 Å². The molecule has 0 spiro atoms. The van der Waals surface area contributed by atoms with Crippen LogP contribution in [0.1, 0.15) is 15.9 Å². The van der Waals surface area contributed by atoms with Gasteiger partial charge in [-0.15, -0.1) is 0 Å². The summed E-state index contributed by atoms with van der Waals surface area (Å²) in [5.74, 6) is 1.67. The fraction of sp³-hybridized carbons (Fsp3) is 0.350. The first-order valence-corrected chi connectivity index (χ1v) is 8.46. The smallest absolute Gasteiger partial charge is 0.254 e. The molecule has 1 saturated heterocycles. The fourth-order valence-corrected chi connectivity index (χ4v) is 3.18. The van der Waals surface area contributed by atoms with Crippen LogP contribution in [0.4, 0.5) is 5.69 Å². The zero-order chi connectivity index (χ0) is 17.8. The maximum absolute atomic E-state index is 12.7. The first-order valence-electron chi connectivity index (χ1n) is 8.46. The van der Waals surface area contributed by atoms with Gasteiger partial charge in [0.1, 0.15) is 11.5 Å². The van der Waals surface area contributed by atoms with Crippen LogP contribution >= 0.6 is 0 Å². The second-order valence-electron chi connectivity index (χ2n) is 6.13. The minimum atomic E-state index is 0.111. The Morgan fingerprint density at radius 2 is 1.68 bits per heavy atom. The van der Waals surface area contributed by atoms with E-state index in [0.717, 1.165) is 41.4 Å². The summed E-state index contributed by atoms with van der Waals surface area (Å²) in [6.07, 6.45) is 0. The Hall–Kier alpha value is -2.69. The third-order valence-electron chi connectivity index (χ3n) is 4.67. The van der Waals surface area contributed by atoms with E-state index in [0.29, 0.717) is 13.1 Å². The summed E-state index contributed by atoms with van der Waals surface area (Å²) in [5, 5.41) is 0. The van der Waals surface area contributed by atoms with Gasteiger partial charge in [-0.2, -0.15) is 0 Å². The minimum absolute atomic E-state index is 0.111. The van der Waals surface area contributed by atoms with E-state index in [4.69, 9.17) is 9.47 Å². The number of amides is 1. The average Bonchev–Trinajstić information content (AvgIpc) is 2.67. The molecule has 1 heterocycles. The van der Waals surface area contributed by atoms with E-state index in [9.17, 15) is 4.79 Å². The fourth-order valence-electron chi connectivity index (χ4n) is 3.18. The standard InChI is InChI=1S/C20H24N2O3/c1-15-6-4-5-7-17(15)20(23)22-12-10-21(11-13-22)18-9-8-16(24-2)14-19(18)25-3/h4-9,14H,10-13H2,1-3H3. The molecule has 25 heavy (non-hydrogen) atoms. The maximum Gasteiger partial charge on any atom is 0.254 e. The zero-order valence-electron chi connectivity index (χ0n) is 15.0. The molecule has 0 aliphatic carbocycles. The van der Waals surface area contributed by atoms with Crippen LogP contribution in [-0.2, 0) is 0 Å². The van der Waals surface area contributed by atoms with Gasteiger partial charge in [-0.1, -0.05) is 18.2 Å². The molecule has 2 aromatic rings. The van der Waals surface area contributed by atoms with Crippen molar-refractivity contribution in [3.63, 3.8) is 0 Å². The van der Waals surface area contributed by atoms with Crippen molar-refractivity contribution < 1.29 is 14.3 Å². The Labute approximate surface area is 148 Å². The van der Waals surface area contributed by atoms with E-state index in [2.05, 4.69) is 4.90 Å². The molecule has 5 heteroatoms. The van der Waals surface area contributed by atoms with Crippen LogP contribution in [0.15, 0.2) is 42.5 Å². The van der Waals surface area contributed by atoms with Gasteiger partial charge >= 0.3 is 0 Å². The normalized spacial score (nSPS) is 14.4. The number of hydrogen-bond donors (Lipinski definition) is 0. The molecule has 5 nitrogen and oxygen atoms in total. The summed E-state index contributed by atoms with van der Waals surface area (Å²) < 4.78 is 10.8. The van der Waals surface area contributed by atoms with Gasteiger partial charge in [0, 0.05) is 37.8 Å². The summed E-state index contributed by atoms with van der Waals surface area (Å²) >= 11 is 0. The molecule has 3 rings (SSSR count). The lowest BCUT2D eigenvalue weighted by molar-refractivity contribution is 0.0746. The highest BCUT2D eigenvalue weighted by atomic mass is 16.5. The highest BCUT2D eigenvalue weighted by molar-refractivity contribution is 5.95. The van der Waals surface area contributed by atoms with Crippen molar-refractivity contribution in [2.45, 2.75) is 6.92 Å². The van der Waals surface area contributed by atoms with E-state index in [1.807, 2.05) is 54.3 Å². The van der Waals surface area contributed by atoms with E-state index in [1.54, 1.807) is 14.2 Å². The first-order chi connectivity index (χ1) is 12.1. The van der Waals surface area contributed by atoms with Crippen molar-refractivity contribution in [2.75, 3.05) is 45.3 Å². The Bertz CT molecular complexity index is 752. The Morgan fingerprint density at radius 1 is 0.960 bits per heavy atom. The molecule has 1 fully saturated rings. The molecule has 0 N–H and O–H groups in total. The molecule has 0 unspecified atom stereocenters. The SMILES string of the molecule is COc1ccc(N2CCN(C(=O)c3ccccc3C)CC2)c(OC)c1. The molecular weight excluding hydrogens is 316 g/mol.